The third-order valence-electron chi connectivity index (χ3n) is 3.90. The van der Waals surface area contributed by atoms with Crippen molar-refractivity contribution in [2.45, 2.75) is 71.4 Å². The van der Waals surface area contributed by atoms with Gasteiger partial charge in [0.2, 0.25) is 0 Å². The lowest BCUT2D eigenvalue weighted by atomic mass is 9.93. The van der Waals surface area contributed by atoms with Crippen LogP contribution in [-0.2, 0) is 5.41 Å². The molecule has 1 unspecified atom stereocenters. The van der Waals surface area contributed by atoms with Crippen molar-refractivity contribution in [3.8, 4) is 0 Å². The minimum absolute atomic E-state index is 0.00940. The molecule has 0 spiro atoms. The van der Waals surface area contributed by atoms with Gasteiger partial charge in [-0.15, -0.1) is 11.3 Å². The van der Waals surface area contributed by atoms with Gasteiger partial charge in [0.05, 0.1) is 17.3 Å². The molecule has 0 radical (unpaired) electrons. The monoisotopic (exact) mass is 327 g/mol. The SMILES string of the molecule is CCC(O)(CC)CNC(=O)NC(C)c1nc(C(C)(C)C)cs1. The fourth-order valence-corrected chi connectivity index (χ4v) is 2.94. The average Bonchev–Trinajstić information content (AvgIpc) is 2.94. The molecule has 126 valence electrons. The lowest BCUT2D eigenvalue weighted by Crippen LogP contribution is -2.46. The molecule has 0 saturated carbocycles. The van der Waals surface area contributed by atoms with Crippen molar-refractivity contribution in [3.05, 3.63) is 16.1 Å². The van der Waals surface area contributed by atoms with E-state index in [-0.39, 0.29) is 24.0 Å². The van der Waals surface area contributed by atoms with E-state index in [0.717, 1.165) is 10.7 Å². The Labute approximate surface area is 137 Å². The summed E-state index contributed by atoms with van der Waals surface area (Å²) in [7, 11) is 0. The summed E-state index contributed by atoms with van der Waals surface area (Å²) in [6.07, 6.45) is 1.22. The Morgan fingerprint density at radius 2 is 1.95 bits per heavy atom. The van der Waals surface area contributed by atoms with Gasteiger partial charge in [-0.3, -0.25) is 0 Å². The minimum atomic E-state index is -0.832. The Kier molecular flexibility index (Phi) is 6.38. The van der Waals surface area contributed by atoms with Gasteiger partial charge in [0.15, 0.2) is 0 Å². The molecular formula is C16H29N3O2S. The number of hydrogen-bond donors (Lipinski definition) is 3. The van der Waals surface area contributed by atoms with E-state index in [9.17, 15) is 9.90 Å². The Balaban J connectivity index is 2.56. The summed E-state index contributed by atoms with van der Waals surface area (Å²) in [5.74, 6) is 0. The summed E-state index contributed by atoms with van der Waals surface area (Å²) in [6, 6.07) is -0.433. The first kappa shape index (κ1) is 18.9. The number of amides is 2. The molecular weight excluding hydrogens is 298 g/mol. The Bertz CT molecular complexity index is 490. The third-order valence-corrected chi connectivity index (χ3v) is 4.93. The quantitative estimate of drug-likeness (QED) is 0.750. The van der Waals surface area contributed by atoms with Crippen molar-refractivity contribution in [1.82, 2.24) is 15.6 Å². The number of urea groups is 1. The zero-order valence-electron chi connectivity index (χ0n) is 14.5. The van der Waals surface area contributed by atoms with Gasteiger partial charge >= 0.3 is 6.03 Å². The standard InChI is InChI=1S/C16H29N3O2S/c1-7-16(21,8-2)10-17-14(20)18-11(3)13-19-12(9-22-13)15(4,5)6/h9,11,21H,7-8,10H2,1-6H3,(H2,17,18,20). The topological polar surface area (TPSA) is 74.2 Å². The number of hydrogen-bond acceptors (Lipinski definition) is 4. The van der Waals surface area contributed by atoms with Crippen molar-refractivity contribution in [3.63, 3.8) is 0 Å². The summed E-state index contributed by atoms with van der Waals surface area (Å²) < 4.78 is 0. The molecule has 22 heavy (non-hydrogen) atoms. The molecule has 0 bridgehead atoms. The number of carbonyl (C=O) groups excluding carboxylic acids is 1. The summed E-state index contributed by atoms with van der Waals surface area (Å²) in [5.41, 5.74) is 0.212. The molecule has 5 nitrogen and oxygen atoms in total. The molecule has 1 atom stereocenters. The van der Waals surface area contributed by atoms with Crippen LogP contribution < -0.4 is 10.6 Å². The number of nitrogens with zero attached hydrogens (tertiary/aromatic N) is 1. The Morgan fingerprint density at radius 1 is 1.36 bits per heavy atom. The van der Waals surface area contributed by atoms with Crippen molar-refractivity contribution in [1.29, 1.82) is 0 Å². The van der Waals surface area contributed by atoms with Crippen LogP contribution in [0, 0.1) is 0 Å². The molecule has 1 aromatic heterocycles. The normalized spacial score (nSPS) is 13.8. The van der Waals surface area contributed by atoms with Crippen LogP contribution in [0.1, 0.15) is 71.1 Å². The second-order valence-corrected chi connectivity index (χ2v) is 7.69. The molecule has 0 saturated heterocycles. The summed E-state index contributed by atoms with van der Waals surface area (Å²) >= 11 is 1.56. The van der Waals surface area contributed by atoms with E-state index in [1.54, 1.807) is 11.3 Å². The lowest BCUT2D eigenvalue weighted by molar-refractivity contribution is 0.0349. The molecule has 0 aliphatic carbocycles. The molecule has 0 aromatic carbocycles. The highest BCUT2D eigenvalue weighted by atomic mass is 32.1. The summed E-state index contributed by atoms with van der Waals surface area (Å²) in [4.78, 5) is 16.6. The predicted octanol–water partition coefficient (Wildman–Crippen LogP) is 3.35. The highest BCUT2D eigenvalue weighted by molar-refractivity contribution is 7.09. The van der Waals surface area contributed by atoms with Gasteiger partial charge in [0.1, 0.15) is 5.01 Å². The fraction of sp³-hybridized carbons (Fsp3) is 0.750. The Morgan fingerprint density at radius 3 is 2.41 bits per heavy atom. The second kappa shape index (κ2) is 7.42. The van der Waals surface area contributed by atoms with E-state index in [4.69, 9.17) is 0 Å². The first-order valence-corrected chi connectivity index (χ1v) is 8.72. The van der Waals surface area contributed by atoms with Gasteiger partial charge in [-0.2, -0.15) is 0 Å². The van der Waals surface area contributed by atoms with Crippen molar-refractivity contribution in [2.75, 3.05) is 6.54 Å². The van der Waals surface area contributed by atoms with Gasteiger partial charge in [-0.05, 0) is 19.8 Å². The van der Waals surface area contributed by atoms with Crippen molar-refractivity contribution < 1.29 is 9.90 Å². The van der Waals surface area contributed by atoms with Gasteiger partial charge in [-0.1, -0.05) is 34.6 Å². The molecule has 0 aliphatic rings. The fourth-order valence-electron chi connectivity index (χ4n) is 1.89. The zero-order chi connectivity index (χ0) is 17.0. The molecule has 1 aromatic rings. The highest BCUT2D eigenvalue weighted by Gasteiger charge is 2.24. The van der Waals surface area contributed by atoms with E-state index in [0.29, 0.717) is 12.8 Å². The molecule has 6 heteroatoms. The van der Waals surface area contributed by atoms with Crippen LogP contribution >= 0.6 is 11.3 Å². The van der Waals surface area contributed by atoms with Crippen molar-refractivity contribution >= 4 is 17.4 Å². The highest BCUT2D eigenvalue weighted by Crippen LogP contribution is 2.26. The van der Waals surface area contributed by atoms with E-state index in [2.05, 4.69) is 36.4 Å². The number of thiazole rings is 1. The van der Waals surface area contributed by atoms with Crippen LogP contribution in [0.3, 0.4) is 0 Å². The number of nitrogens with one attached hydrogen (secondary N) is 2. The van der Waals surface area contributed by atoms with E-state index < -0.39 is 5.60 Å². The minimum Gasteiger partial charge on any atom is -0.388 e. The van der Waals surface area contributed by atoms with Crippen LogP contribution in [0.5, 0.6) is 0 Å². The smallest absolute Gasteiger partial charge is 0.315 e. The molecule has 3 N–H and O–H groups in total. The predicted molar refractivity (Wildman–Crippen MR) is 91.3 cm³/mol. The Hall–Kier alpha value is -1.14. The van der Waals surface area contributed by atoms with E-state index in [1.807, 2.05) is 26.2 Å². The largest absolute Gasteiger partial charge is 0.388 e. The first-order valence-electron chi connectivity index (χ1n) is 7.84. The van der Waals surface area contributed by atoms with Gasteiger partial charge in [0.25, 0.3) is 0 Å². The number of aliphatic hydroxyl groups is 1. The lowest BCUT2D eigenvalue weighted by Gasteiger charge is -2.25. The zero-order valence-corrected chi connectivity index (χ0v) is 15.3. The molecule has 0 fully saturated rings. The molecule has 2 amide bonds. The second-order valence-electron chi connectivity index (χ2n) is 6.80. The number of aromatic nitrogens is 1. The molecule has 1 heterocycles. The van der Waals surface area contributed by atoms with Crippen LogP contribution in [0.15, 0.2) is 5.38 Å². The van der Waals surface area contributed by atoms with Crippen LogP contribution in [0.2, 0.25) is 0 Å². The maximum Gasteiger partial charge on any atom is 0.315 e. The van der Waals surface area contributed by atoms with Gasteiger partial charge < -0.3 is 15.7 Å². The third kappa shape index (κ3) is 5.25. The van der Waals surface area contributed by atoms with E-state index >= 15 is 0 Å². The van der Waals surface area contributed by atoms with Crippen LogP contribution in [0.4, 0.5) is 4.79 Å². The van der Waals surface area contributed by atoms with Crippen LogP contribution in [-0.4, -0.2) is 28.3 Å². The van der Waals surface area contributed by atoms with Gasteiger partial charge in [-0.25, -0.2) is 9.78 Å². The summed E-state index contributed by atoms with van der Waals surface area (Å²) in [6.45, 7) is 12.3. The molecule has 1 rings (SSSR count). The summed E-state index contributed by atoms with van der Waals surface area (Å²) in [5, 5.41) is 18.7. The first-order chi connectivity index (χ1) is 10.1. The van der Waals surface area contributed by atoms with Gasteiger partial charge in [0, 0.05) is 17.3 Å². The van der Waals surface area contributed by atoms with Crippen LogP contribution in [0.25, 0.3) is 0 Å². The average molecular weight is 327 g/mol. The van der Waals surface area contributed by atoms with E-state index in [1.165, 1.54) is 0 Å². The van der Waals surface area contributed by atoms with Crippen molar-refractivity contribution in [2.24, 2.45) is 0 Å². The maximum atomic E-state index is 12.0. The molecule has 0 aliphatic heterocycles. The number of rotatable bonds is 6. The number of carbonyl (C=O) groups is 1. The maximum absolute atomic E-state index is 12.0.